The monoisotopic (exact) mass is 252 g/mol. The summed E-state index contributed by atoms with van der Waals surface area (Å²) in [6, 6.07) is 5.84. The van der Waals surface area contributed by atoms with Gasteiger partial charge < -0.3 is 20.1 Å². The second kappa shape index (κ2) is 7.82. The normalized spacial score (nSPS) is 10.4. The molecule has 0 heterocycles. The summed E-state index contributed by atoms with van der Waals surface area (Å²) >= 11 is 0. The fourth-order valence-electron chi connectivity index (χ4n) is 1.83. The van der Waals surface area contributed by atoms with Crippen LogP contribution in [0.3, 0.4) is 0 Å². The topological polar surface area (TPSA) is 47.7 Å². The molecule has 0 fully saturated rings. The lowest BCUT2D eigenvalue weighted by atomic mass is 10.2. The van der Waals surface area contributed by atoms with Gasteiger partial charge >= 0.3 is 0 Å². The SMILES string of the molecule is CCOCCN(CC)c1cc(N)cc(OCC)c1. The summed E-state index contributed by atoms with van der Waals surface area (Å²) in [6.45, 7) is 9.99. The van der Waals surface area contributed by atoms with E-state index in [0.717, 1.165) is 43.4 Å². The molecule has 0 aliphatic carbocycles. The van der Waals surface area contributed by atoms with Crippen molar-refractivity contribution in [2.75, 3.05) is 43.5 Å². The number of benzene rings is 1. The van der Waals surface area contributed by atoms with Gasteiger partial charge in [0.05, 0.1) is 13.2 Å². The highest BCUT2D eigenvalue weighted by Crippen LogP contribution is 2.25. The summed E-state index contributed by atoms with van der Waals surface area (Å²) in [5.74, 6) is 0.822. The lowest BCUT2D eigenvalue weighted by Crippen LogP contribution is -2.27. The van der Waals surface area contributed by atoms with Crippen LogP contribution in [0.5, 0.6) is 5.75 Å². The number of anilines is 2. The number of hydrogen-bond donors (Lipinski definition) is 1. The zero-order valence-corrected chi connectivity index (χ0v) is 11.6. The average molecular weight is 252 g/mol. The van der Waals surface area contributed by atoms with E-state index in [4.69, 9.17) is 15.2 Å². The van der Waals surface area contributed by atoms with E-state index in [1.165, 1.54) is 0 Å². The molecule has 4 nitrogen and oxygen atoms in total. The molecular weight excluding hydrogens is 228 g/mol. The van der Waals surface area contributed by atoms with E-state index in [1.54, 1.807) is 0 Å². The molecule has 0 spiro atoms. The van der Waals surface area contributed by atoms with Crippen LogP contribution in [0.2, 0.25) is 0 Å². The minimum Gasteiger partial charge on any atom is -0.494 e. The fourth-order valence-corrected chi connectivity index (χ4v) is 1.83. The molecule has 18 heavy (non-hydrogen) atoms. The van der Waals surface area contributed by atoms with Crippen LogP contribution in [0, 0.1) is 0 Å². The van der Waals surface area contributed by atoms with Gasteiger partial charge in [0.25, 0.3) is 0 Å². The van der Waals surface area contributed by atoms with Gasteiger partial charge in [-0.15, -0.1) is 0 Å². The highest BCUT2D eigenvalue weighted by molar-refractivity contribution is 5.60. The van der Waals surface area contributed by atoms with Gasteiger partial charge in [0, 0.05) is 43.2 Å². The third-order valence-electron chi connectivity index (χ3n) is 2.68. The molecular formula is C14H24N2O2. The molecule has 1 aromatic carbocycles. The number of likely N-dealkylation sites (N-methyl/N-ethyl adjacent to an activating group) is 1. The van der Waals surface area contributed by atoms with Gasteiger partial charge in [-0.2, -0.15) is 0 Å². The van der Waals surface area contributed by atoms with Gasteiger partial charge in [-0.25, -0.2) is 0 Å². The van der Waals surface area contributed by atoms with Crippen LogP contribution in [0.1, 0.15) is 20.8 Å². The summed E-state index contributed by atoms with van der Waals surface area (Å²) in [6.07, 6.45) is 0. The van der Waals surface area contributed by atoms with Crippen LogP contribution in [0.4, 0.5) is 11.4 Å². The van der Waals surface area contributed by atoms with E-state index in [1.807, 2.05) is 32.0 Å². The first kappa shape index (κ1) is 14.6. The predicted molar refractivity (Wildman–Crippen MR) is 76.4 cm³/mol. The van der Waals surface area contributed by atoms with Crippen molar-refractivity contribution in [1.29, 1.82) is 0 Å². The van der Waals surface area contributed by atoms with E-state index in [2.05, 4.69) is 11.8 Å². The quantitative estimate of drug-likeness (QED) is 0.570. The number of nitrogens with zero attached hydrogens (tertiary/aromatic N) is 1. The molecule has 4 heteroatoms. The number of nitrogen functional groups attached to an aromatic ring is 1. The molecule has 0 unspecified atom stereocenters. The molecule has 102 valence electrons. The van der Waals surface area contributed by atoms with Crippen molar-refractivity contribution >= 4 is 11.4 Å². The maximum Gasteiger partial charge on any atom is 0.123 e. The minimum atomic E-state index is 0.647. The lowest BCUT2D eigenvalue weighted by Gasteiger charge is -2.24. The molecule has 0 aromatic heterocycles. The second-order valence-electron chi connectivity index (χ2n) is 3.97. The molecule has 0 aliphatic rings. The minimum absolute atomic E-state index is 0.647. The van der Waals surface area contributed by atoms with Crippen LogP contribution in [-0.2, 0) is 4.74 Å². The Morgan fingerprint density at radius 3 is 2.50 bits per heavy atom. The van der Waals surface area contributed by atoms with Crippen molar-refractivity contribution in [3.8, 4) is 5.75 Å². The maximum atomic E-state index is 5.90. The maximum absolute atomic E-state index is 5.90. The van der Waals surface area contributed by atoms with Crippen molar-refractivity contribution in [1.82, 2.24) is 0 Å². The molecule has 1 rings (SSSR count). The Balaban J connectivity index is 2.77. The summed E-state index contributed by atoms with van der Waals surface area (Å²) in [4.78, 5) is 2.23. The standard InChI is InChI=1S/C14H24N2O2/c1-4-16(7-8-17-5-2)13-9-12(15)10-14(11-13)18-6-3/h9-11H,4-8,15H2,1-3H3. The molecule has 2 N–H and O–H groups in total. The molecule has 0 saturated carbocycles. The molecule has 0 saturated heterocycles. The Hall–Kier alpha value is -1.42. The van der Waals surface area contributed by atoms with Gasteiger partial charge in [-0.05, 0) is 26.8 Å². The number of rotatable bonds is 8. The summed E-state index contributed by atoms with van der Waals surface area (Å²) < 4.78 is 10.9. The molecule has 0 aliphatic heterocycles. The Morgan fingerprint density at radius 2 is 1.89 bits per heavy atom. The summed E-state index contributed by atoms with van der Waals surface area (Å²) in [5.41, 5.74) is 7.71. The number of nitrogens with two attached hydrogens (primary N) is 1. The number of hydrogen-bond acceptors (Lipinski definition) is 4. The summed E-state index contributed by atoms with van der Waals surface area (Å²) in [5, 5.41) is 0. The largest absolute Gasteiger partial charge is 0.494 e. The lowest BCUT2D eigenvalue weighted by molar-refractivity contribution is 0.154. The highest BCUT2D eigenvalue weighted by Gasteiger charge is 2.07. The second-order valence-corrected chi connectivity index (χ2v) is 3.97. The smallest absolute Gasteiger partial charge is 0.123 e. The Kier molecular flexibility index (Phi) is 6.36. The van der Waals surface area contributed by atoms with Crippen LogP contribution >= 0.6 is 0 Å². The molecule has 0 amide bonds. The van der Waals surface area contributed by atoms with E-state index in [-0.39, 0.29) is 0 Å². The Labute approximate surface area is 110 Å². The van der Waals surface area contributed by atoms with Crippen LogP contribution in [0.15, 0.2) is 18.2 Å². The Morgan fingerprint density at radius 1 is 1.11 bits per heavy atom. The average Bonchev–Trinajstić information content (AvgIpc) is 2.34. The van der Waals surface area contributed by atoms with Gasteiger partial charge in [0.2, 0.25) is 0 Å². The van der Waals surface area contributed by atoms with Crippen molar-refractivity contribution in [3.63, 3.8) is 0 Å². The third-order valence-corrected chi connectivity index (χ3v) is 2.68. The van der Waals surface area contributed by atoms with Gasteiger partial charge in [0.15, 0.2) is 0 Å². The fraction of sp³-hybridized carbons (Fsp3) is 0.571. The van der Waals surface area contributed by atoms with Crippen molar-refractivity contribution in [2.45, 2.75) is 20.8 Å². The molecule has 1 aromatic rings. The van der Waals surface area contributed by atoms with Crippen molar-refractivity contribution < 1.29 is 9.47 Å². The van der Waals surface area contributed by atoms with Crippen LogP contribution < -0.4 is 15.4 Å². The first-order valence-electron chi connectivity index (χ1n) is 6.57. The Bertz CT molecular complexity index is 356. The zero-order chi connectivity index (χ0) is 13.4. The molecule has 0 atom stereocenters. The molecule has 0 bridgehead atoms. The van der Waals surface area contributed by atoms with Crippen LogP contribution in [0.25, 0.3) is 0 Å². The first-order valence-corrected chi connectivity index (χ1v) is 6.57. The summed E-state index contributed by atoms with van der Waals surface area (Å²) in [7, 11) is 0. The van der Waals surface area contributed by atoms with Gasteiger partial charge in [0.1, 0.15) is 5.75 Å². The first-order chi connectivity index (χ1) is 8.71. The predicted octanol–water partition coefficient (Wildman–Crippen LogP) is 2.53. The number of ether oxygens (including phenoxy) is 2. The van der Waals surface area contributed by atoms with Gasteiger partial charge in [-0.1, -0.05) is 0 Å². The van der Waals surface area contributed by atoms with E-state index >= 15 is 0 Å². The van der Waals surface area contributed by atoms with E-state index < -0.39 is 0 Å². The third kappa shape index (κ3) is 4.45. The highest BCUT2D eigenvalue weighted by atomic mass is 16.5. The van der Waals surface area contributed by atoms with Crippen molar-refractivity contribution in [2.24, 2.45) is 0 Å². The van der Waals surface area contributed by atoms with Gasteiger partial charge in [-0.3, -0.25) is 0 Å². The van der Waals surface area contributed by atoms with E-state index in [9.17, 15) is 0 Å². The van der Waals surface area contributed by atoms with Crippen molar-refractivity contribution in [3.05, 3.63) is 18.2 Å². The van der Waals surface area contributed by atoms with Crippen LogP contribution in [-0.4, -0.2) is 32.9 Å². The van der Waals surface area contributed by atoms with E-state index in [0.29, 0.717) is 6.61 Å². The zero-order valence-electron chi connectivity index (χ0n) is 11.6. The molecule has 0 radical (unpaired) electrons.